The summed E-state index contributed by atoms with van der Waals surface area (Å²) < 4.78 is 5.82. The molecule has 2 aliphatic rings. The zero-order chi connectivity index (χ0) is 16.0. The zero-order valence-electron chi connectivity index (χ0n) is 13.8. The monoisotopic (exact) mass is 333 g/mol. The minimum Gasteiger partial charge on any atom is -0.377 e. The number of hydrogen-bond acceptors (Lipinski definition) is 4. The van der Waals surface area contributed by atoms with Gasteiger partial charge in [0, 0.05) is 24.0 Å². The van der Waals surface area contributed by atoms with Gasteiger partial charge in [0.25, 0.3) is 0 Å². The number of carbonyl (C=O) groups excluding carboxylic acids is 2. The fraction of sp³-hybridized carbons (Fsp3) is 0.867. The Kier molecular flexibility index (Phi) is 5.53. The van der Waals surface area contributed by atoms with Gasteiger partial charge >= 0.3 is 0 Å². The van der Waals surface area contributed by atoms with Crippen LogP contribution in [0.4, 0.5) is 0 Å². The van der Waals surface area contributed by atoms with E-state index in [-0.39, 0.29) is 42.9 Å². The van der Waals surface area contributed by atoms with E-state index >= 15 is 0 Å². The van der Waals surface area contributed by atoms with Gasteiger partial charge in [-0.2, -0.15) is 0 Å². The summed E-state index contributed by atoms with van der Waals surface area (Å²) in [4.78, 5) is 25.8. The summed E-state index contributed by atoms with van der Waals surface area (Å²) in [7, 11) is 0. The minimum absolute atomic E-state index is 0. The van der Waals surface area contributed by atoms with Crippen molar-refractivity contribution in [2.45, 2.75) is 58.2 Å². The zero-order valence-corrected chi connectivity index (χ0v) is 14.6. The number of amides is 2. The van der Waals surface area contributed by atoms with Crippen molar-refractivity contribution in [2.75, 3.05) is 13.2 Å². The molecule has 6 nitrogen and oxygen atoms in total. The molecule has 0 aromatic rings. The molecule has 4 N–H and O–H groups in total. The number of ether oxygens (including phenoxy) is 1. The van der Waals surface area contributed by atoms with E-state index in [2.05, 4.69) is 0 Å². The second-order valence-electron chi connectivity index (χ2n) is 7.12. The third kappa shape index (κ3) is 2.61. The molecule has 0 spiro atoms. The van der Waals surface area contributed by atoms with Crippen molar-refractivity contribution >= 4 is 24.2 Å². The van der Waals surface area contributed by atoms with E-state index < -0.39 is 16.9 Å². The van der Waals surface area contributed by atoms with Crippen molar-refractivity contribution < 1.29 is 14.3 Å². The van der Waals surface area contributed by atoms with E-state index in [0.29, 0.717) is 0 Å². The first-order valence-corrected chi connectivity index (χ1v) is 7.64. The molecule has 0 bridgehead atoms. The lowest BCUT2D eigenvalue weighted by molar-refractivity contribution is -0.230. The minimum atomic E-state index is -0.988. The van der Waals surface area contributed by atoms with Crippen LogP contribution in [0.2, 0.25) is 0 Å². The first kappa shape index (κ1) is 19.2. The van der Waals surface area contributed by atoms with Gasteiger partial charge in [-0.3, -0.25) is 9.59 Å². The standard InChI is InChI=1S/C15H27N3O3.ClH/c1-9(2)18(8-11(16)19)13(20)15(17)10-6-5-7-21-12(10)14(15,3)4;/h9-10,12H,5-8,17H2,1-4H3,(H2,16,19);1H. The van der Waals surface area contributed by atoms with Crippen LogP contribution in [0, 0.1) is 11.3 Å². The summed E-state index contributed by atoms with van der Waals surface area (Å²) in [5, 5.41) is 0. The second-order valence-corrected chi connectivity index (χ2v) is 7.12. The summed E-state index contributed by atoms with van der Waals surface area (Å²) in [5.74, 6) is -0.690. The van der Waals surface area contributed by atoms with Crippen LogP contribution in [0.1, 0.15) is 40.5 Å². The fourth-order valence-corrected chi connectivity index (χ4v) is 3.90. The van der Waals surface area contributed by atoms with Crippen molar-refractivity contribution in [2.24, 2.45) is 22.8 Å². The molecule has 2 fully saturated rings. The molecule has 0 radical (unpaired) electrons. The van der Waals surface area contributed by atoms with Gasteiger partial charge in [0.05, 0.1) is 12.6 Å². The van der Waals surface area contributed by atoms with Gasteiger partial charge < -0.3 is 21.1 Å². The van der Waals surface area contributed by atoms with Gasteiger partial charge in [0.1, 0.15) is 5.54 Å². The van der Waals surface area contributed by atoms with Crippen LogP contribution in [0.25, 0.3) is 0 Å². The predicted molar refractivity (Wildman–Crippen MR) is 86.5 cm³/mol. The Morgan fingerprint density at radius 1 is 1.36 bits per heavy atom. The van der Waals surface area contributed by atoms with Gasteiger partial charge in [0.2, 0.25) is 11.8 Å². The molecule has 0 aromatic carbocycles. The van der Waals surface area contributed by atoms with Crippen molar-refractivity contribution in [3.8, 4) is 0 Å². The van der Waals surface area contributed by atoms with E-state index in [1.807, 2.05) is 27.7 Å². The molecule has 1 aliphatic heterocycles. The molecule has 22 heavy (non-hydrogen) atoms. The van der Waals surface area contributed by atoms with Crippen LogP contribution < -0.4 is 11.5 Å². The Balaban J connectivity index is 0.00000242. The molecule has 1 heterocycles. The Labute approximate surface area is 138 Å². The molecule has 1 saturated heterocycles. The number of fused-ring (bicyclic) bond motifs is 1. The third-order valence-electron chi connectivity index (χ3n) is 5.25. The lowest BCUT2D eigenvalue weighted by Crippen LogP contribution is -2.82. The third-order valence-corrected chi connectivity index (χ3v) is 5.25. The summed E-state index contributed by atoms with van der Waals surface area (Å²) >= 11 is 0. The highest BCUT2D eigenvalue weighted by Crippen LogP contribution is 2.58. The van der Waals surface area contributed by atoms with Gasteiger partial charge in [-0.25, -0.2) is 0 Å². The molecular formula is C15H28ClN3O3. The highest BCUT2D eigenvalue weighted by molar-refractivity contribution is 5.92. The highest BCUT2D eigenvalue weighted by Gasteiger charge is 2.71. The Hall–Kier alpha value is -0.850. The molecule has 3 atom stereocenters. The predicted octanol–water partition coefficient (Wildman–Crippen LogP) is 0.663. The SMILES string of the molecule is CC(C)N(CC(N)=O)C(=O)C1(N)C2CCCOC2C1(C)C.Cl. The van der Waals surface area contributed by atoms with Crippen molar-refractivity contribution in [3.05, 3.63) is 0 Å². The van der Waals surface area contributed by atoms with Crippen LogP contribution in [-0.2, 0) is 14.3 Å². The lowest BCUT2D eigenvalue weighted by Gasteiger charge is -2.66. The van der Waals surface area contributed by atoms with Crippen LogP contribution in [0.5, 0.6) is 0 Å². The maximum atomic E-state index is 13.0. The Bertz CT molecular complexity index is 455. The fourth-order valence-electron chi connectivity index (χ4n) is 3.90. The van der Waals surface area contributed by atoms with Gasteiger partial charge in [-0.15, -0.1) is 12.4 Å². The van der Waals surface area contributed by atoms with Gasteiger partial charge in [-0.1, -0.05) is 13.8 Å². The topological polar surface area (TPSA) is 98.7 Å². The molecule has 1 aliphatic carbocycles. The lowest BCUT2D eigenvalue weighted by atomic mass is 9.46. The van der Waals surface area contributed by atoms with Crippen molar-refractivity contribution in [3.63, 3.8) is 0 Å². The number of nitrogens with two attached hydrogens (primary N) is 2. The number of rotatable bonds is 4. The van der Waals surface area contributed by atoms with Crippen molar-refractivity contribution in [1.29, 1.82) is 0 Å². The summed E-state index contributed by atoms with van der Waals surface area (Å²) in [6.45, 7) is 8.31. The summed E-state index contributed by atoms with van der Waals surface area (Å²) in [6.07, 6.45) is 1.82. The van der Waals surface area contributed by atoms with E-state index in [4.69, 9.17) is 16.2 Å². The summed E-state index contributed by atoms with van der Waals surface area (Å²) in [6, 6.07) is -0.121. The van der Waals surface area contributed by atoms with Crippen LogP contribution in [0.3, 0.4) is 0 Å². The number of hydrogen-bond donors (Lipinski definition) is 2. The average molecular weight is 334 g/mol. The number of nitrogens with zero attached hydrogens (tertiary/aromatic N) is 1. The maximum absolute atomic E-state index is 13.0. The molecule has 1 saturated carbocycles. The van der Waals surface area contributed by atoms with Gasteiger partial charge in [0.15, 0.2) is 0 Å². The van der Waals surface area contributed by atoms with E-state index in [0.717, 1.165) is 19.4 Å². The molecule has 0 aromatic heterocycles. The van der Waals surface area contributed by atoms with Crippen molar-refractivity contribution in [1.82, 2.24) is 4.90 Å². The highest BCUT2D eigenvalue weighted by atomic mass is 35.5. The smallest absolute Gasteiger partial charge is 0.244 e. The number of halogens is 1. The largest absolute Gasteiger partial charge is 0.377 e. The van der Waals surface area contributed by atoms with Crippen LogP contribution >= 0.6 is 12.4 Å². The van der Waals surface area contributed by atoms with Gasteiger partial charge in [-0.05, 0) is 26.7 Å². The number of carbonyl (C=O) groups is 2. The molecule has 2 rings (SSSR count). The quantitative estimate of drug-likeness (QED) is 0.789. The normalized spacial score (nSPS) is 32.5. The Morgan fingerprint density at radius 2 is 1.95 bits per heavy atom. The molecule has 2 amide bonds. The molecule has 3 unspecified atom stereocenters. The molecule has 7 heteroatoms. The Morgan fingerprint density at radius 3 is 2.45 bits per heavy atom. The maximum Gasteiger partial charge on any atom is 0.244 e. The second kappa shape index (κ2) is 6.34. The molecular weight excluding hydrogens is 306 g/mol. The van der Waals surface area contributed by atoms with E-state index in [1.165, 1.54) is 4.90 Å². The van der Waals surface area contributed by atoms with E-state index in [9.17, 15) is 9.59 Å². The number of primary amides is 1. The van der Waals surface area contributed by atoms with E-state index in [1.54, 1.807) is 0 Å². The van der Waals surface area contributed by atoms with Crippen LogP contribution in [-0.4, -0.2) is 47.6 Å². The first-order valence-electron chi connectivity index (χ1n) is 7.64. The average Bonchev–Trinajstić information content (AvgIpc) is 2.42. The van der Waals surface area contributed by atoms with Crippen LogP contribution in [0.15, 0.2) is 0 Å². The first-order chi connectivity index (χ1) is 9.64. The summed E-state index contributed by atoms with van der Waals surface area (Å²) in [5.41, 5.74) is 10.4. The molecule has 128 valence electrons.